The number of nitrogens with zero attached hydrogens (tertiary/aromatic N) is 4. The number of carbonyl (C=O) groups excluding carboxylic acids is 1. The molecule has 5 unspecified atom stereocenters. The average Bonchev–Trinajstić information content (AvgIpc) is 3.60. The molecule has 1 fully saturated rings. The van der Waals surface area contributed by atoms with Crippen LogP contribution in [0.15, 0.2) is 60.4 Å². The molecular weight excluding hydrogens is 679 g/mol. The predicted octanol–water partition coefficient (Wildman–Crippen LogP) is 5.38. The van der Waals surface area contributed by atoms with Gasteiger partial charge in [0.05, 0.1) is 26.5 Å². The summed E-state index contributed by atoms with van der Waals surface area (Å²) in [6, 6.07) is 6.14. The molecule has 0 saturated carbocycles. The lowest BCUT2D eigenvalue weighted by molar-refractivity contribution is -0.144. The van der Waals surface area contributed by atoms with Crippen molar-refractivity contribution in [3.05, 3.63) is 65.4 Å². The lowest BCUT2D eigenvalue weighted by Gasteiger charge is -2.28. The zero-order valence-corrected chi connectivity index (χ0v) is 30.4. The summed E-state index contributed by atoms with van der Waals surface area (Å²) in [7, 11) is 1.71. The van der Waals surface area contributed by atoms with Gasteiger partial charge < -0.3 is 38.8 Å². The molecule has 48 heavy (non-hydrogen) atoms. The van der Waals surface area contributed by atoms with Gasteiger partial charge in [-0.2, -0.15) is 14.8 Å². The van der Waals surface area contributed by atoms with Gasteiger partial charge in [-0.15, -0.1) is 0 Å². The molecule has 4 rings (SSSR count). The van der Waals surface area contributed by atoms with E-state index in [1.165, 1.54) is 11.9 Å². The smallest absolute Gasteiger partial charge is 0.323 e. The van der Waals surface area contributed by atoms with Gasteiger partial charge in [0.2, 0.25) is 5.95 Å². The molecule has 1 aromatic heterocycles. The molecule has 262 valence electrons. The largest absolute Gasteiger partial charge is 0.496 e. The van der Waals surface area contributed by atoms with Crippen molar-refractivity contribution in [2.45, 2.75) is 45.6 Å². The third kappa shape index (κ3) is 9.65. The summed E-state index contributed by atoms with van der Waals surface area (Å²) in [5.41, 5.74) is 10.6. The highest BCUT2D eigenvalue weighted by Crippen LogP contribution is 2.44. The highest BCUT2D eigenvalue weighted by molar-refractivity contribution is 7.96. The Morgan fingerprint density at radius 1 is 1.33 bits per heavy atom. The van der Waals surface area contributed by atoms with E-state index in [0.29, 0.717) is 40.4 Å². The van der Waals surface area contributed by atoms with E-state index < -0.39 is 20.5 Å². The summed E-state index contributed by atoms with van der Waals surface area (Å²) in [6.45, 7) is 10.2. The third-order valence-corrected chi connectivity index (χ3v) is 9.35. The highest BCUT2D eigenvalue weighted by atomic mass is 35.5. The first-order valence-electron chi connectivity index (χ1n) is 15.2. The molecule has 0 radical (unpaired) electrons. The van der Waals surface area contributed by atoms with E-state index in [1.807, 2.05) is 31.2 Å². The van der Waals surface area contributed by atoms with Gasteiger partial charge in [-0.1, -0.05) is 49.2 Å². The first-order chi connectivity index (χ1) is 23.1. The second-order valence-corrected chi connectivity index (χ2v) is 13.3. The normalized spacial score (nSPS) is 20.7. The minimum absolute atomic E-state index is 0.00902. The van der Waals surface area contributed by atoms with Crippen molar-refractivity contribution in [2.24, 2.45) is 5.92 Å². The van der Waals surface area contributed by atoms with Gasteiger partial charge in [-0.3, -0.25) is 10.2 Å². The van der Waals surface area contributed by atoms with Crippen molar-refractivity contribution < 1.29 is 28.1 Å². The number of anilines is 4. The van der Waals surface area contributed by atoms with Crippen LogP contribution in [-0.2, 0) is 23.5 Å². The van der Waals surface area contributed by atoms with E-state index in [9.17, 15) is 4.79 Å². The molecule has 2 aliphatic heterocycles. The summed E-state index contributed by atoms with van der Waals surface area (Å²) in [5.74, 6) is 2.17. The Balaban J connectivity index is 1.42. The van der Waals surface area contributed by atoms with Crippen LogP contribution in [-0.4, -0.2) is 74.6 Å². The van der Waals surface area contributed by atoms with Crippen LogP contribution in [0.4, 0.5) is 23.3 Å². The average molecular weight is 723 g/mol. The first-order valence-corrected chi connectivity index (χ1v) is 18.0. The highest BCUT2D eigenvalue weighted by Gasteiger charge is 2.42. The Labute approximate surface area is 292 Å². The maximum absolute atomic E-state index is 13.0. The lowest BCUT2D eigenvalue weighted by atomic mass is 10.1. The Kier molecular flexibility index (Phi) is 14.0. The minimum atomic E-state index is -1.81. The molecule has 0 spiro atoms. The number of hydrogen-bond donors (Lipinski definition) is 4. The van der Waals surface area contributed by atoms with Gasteiger partial charge in [-0.05, 0) is 56.9 Å². The molecule has 5 atom stereocenters. The number of carbonyl (C=O) groups is 1. The maximum atomic E-state index is 13.0. The lowest BCUT2D eigenvalue weighted by Crippen LogP contribution is -2.41. The number of allylic oxidation sites excluding steroid dienone is 2. The number of ether oxygens (including phenoxy) is 3. The number of nitrogens with one attached hydrogen (secondary N) is 3. The van der Waals surface area contributed by atoms with Gasteiger partial charge in [0.25, 0.3) is 0 Å². The second-order valence-electron chi connectivity index (χ2n) is 11.1. The van der Waals surface area contributed by atoms with E-state index in [4.69, 9.17) is 40.6 Å². The maximum Gasteiger partial charge on any atom is 0.323 e. The van der Waals surface area contributed by atoms with Crippen LogP contribution in [0.25, 0.3) is 0 Å². The standard InChI is InChI=1S/C31H44ClN8O6PS/c1-8-10-25(42-6)21(9-2)16-43-30(41)20(4)37-47(46-23-13-11-22(32)12-14-23)44-17-24-15-19(3)29(45-24)40-18-39(5)26-27(36-38-48-7)34-31(33)35-28(26)40/h8-14,19-20,24,29,37-38H,2,15-18H2,1,3-7H3,(H3,33,34,35,36)/b10-8-,25-21-. The van der Waals surface area contributed by atoms with Crippen molar-refractivity contribution in [1.82, 2.24) is 19.9 Å². The number of nitrogens with two attached hydrogens (primary N) is 1. The van der Waals surface area contributed by atoms with Crippen molar-refractivity contribution in [3.8, 4) is 5.75 Å². The summed E-state index contributed by atoms with van der Waals surface area (Å²) >= 11 is 7.49. The van der Waals surface area contributed by atoms with Gasteiger partial charge in [-0.25, -0.2) is 5.09 Å². The molecule has 14 nitrogen and oxygen atoms in total. The Morgan fingerprint density at radius 3 is 2.75 bits per heavy atom. The van der Waals surface area contributed by atoms with Crippen LogP contribution in [0.2, 0.25) is 5.02 Å². The van der Waals surface area contributed by atoms with E-state index in [0.717, 1.165) is 12.1 Å². The Morgan fingerprint density at radius 2 is 2.08 bits per heavy atom. The number of methoxy groups -OCH3 is 1. The number of aromatic nitrogens is 2. The van der Waals surface area contributed by atoms with E-state index in [1.54, 1.807) is 50.5 Å². The van der Waals surface area contributed by atoms with Crippen molar-refractivity contribution in [3.63, 3.8) is 0 Å². The fourth-order valence-corrected chi connectivity index (χ4v) is 6.72. The topological polar surface area (TPSA) is 158 Å². The van der Waals surface area contributed by atoms with Gasteiger partial charge in [0.1, 0.15) is 36.1 Å². The quantitative estimate of drug-likeness (QED) is 0.0412. The summed E-state index contributed by atoms with van der Waals surface area (Å²) in [4.78, 5) is 29.1. The molecule has 0 bridgehead atoms. The molecule has 1 aromatic carbocycles. The summed E-state index contributed by atoms with van der Waals surface area (Å²) in [5, 5.41) is 3.72. The molecule has 1 saturated heterocycles. The van der Waals surface area contributed by atoms with Crippen LogP contribution in [0.5, 0.6) is 5.75 Å². The van der Waals surface area contributed by atoms with Crippen LogP contribution in [0.3, 0.4) is 0 Å². The fraction of sp³-hybridized carbons (Fsp3) is 0.452. The molecule has 0 aliphatic carbocycles. The zero-order valence-electron chi connectivity index (χ0n) is 27.9. The zero-order chi connectivity index (χ0) is 34.8. The van der Waals surface area contributed by atoms with Crippen LogP contribution in [0.1, 0.15) is 27.2 Å². The molecule has 17 heteroatoms. The molecule has 2 aliphatic rings. The van der Waals surface area contributed by atoms with Crippen molar-refractivity contribution >= 4 is 61.3 Å². The van der Waals surface area contributed by atoms with Crippen LogP contribution in [0, 0.1) is 5.92 Å². The van der Waals surface area contributed by atoms with Crippen LogP contribution >= 0.6 is 32.1 Å². The van der Waals surface area contributed by atoms with Gasteiger partial charge >= 0.3 is 14.5 Å². The number of esters is 1. The number of benzene rings is 1. The number of fused-ring (bicyclic) bond motifs is 1. The molecule has 5 N–H and O–H groups in total. The van der Waals surface area contributed by atoms with E-state index in [2.05, 4.69) is 43.7 Å². The van der Waals surface area contributed by atoms with Crippen molar-refractivity contribution in [2.75, 3.05) is 61.3 Å². The van der Waals surface area contributed by atoms with Crippen molar-refractivity contribution in [1.29, 1.82) is 0 Å². The summed E-state index contributed by atoms with van der Waals surface area (Å²) in [6.07, 6.45) is 7.30. The summed E-state index contributed by atoms with van der Waals surface area (Å²) < 4.78 is 29.9. The minimum Gasteiger partial charge on any atom is -0.496 e. The number of nitrogen functional groups attached to an aromatic ring is 1. The third-order valence-electron chi connectivity index (χ3n) is 7.44. The van der Waals surface area contributed by atoms with E-state index in [-0.39, 0.29) is 37.4 Å². The van der Waals surface area contributed by atoms with Gasteiger partial charge in [0, 0.05) is 23.6 Å². The molecular formula is C31H44ClN8O6PS. The van der Waals surface area contributed by atoms with Gasteiger partial charge in [0.15, 0.2) is 11.6 Å². The monoisotopic (exact) mass is 722 g/mol. The molecule has 3 heterocycles. The van der Waals surface area contributed by atoms with E-state index >= 15 is 0 Å². The second kappa shape index (κ2) is 17.9. The Hall–Kier alpha value is -3.30. The number of rotatable bonds is 17. The number of halogens is 1. The first kappa shape index (κ1) is 37.5. The Bertz CT molecular complexity index is 1470. The SMILES string of the molecule is C=C/C(COC(=O)C(C)NP(OCC1CC(C)C(N2CN(C)c3c(NNSC)nc(N)nc32)O1)Oc1ccc(Cl)cc1)=C(\C=C/C)OC. The fourth-order valence-electron chi connectivity index (χ4n) is 5.18. The molecule has 0 amide bonds. The van der Waals surface area contributed by atoms with Crippen LogP contribution < -0.4 is 35.4 Å². The predicted molar refractivity (Wildman–Crippen MR) is 192 cm³/mol. The number of hydrazine groups is 1. The molecule has 2 aromatic rings. The number of hydrogen-bond acceptors (Lipinski definition) is 15.